The van der Waals surface area contributed by atoms with E-state index in [1.54, 1.807) is 0 Å². The Kier molecular flexibility index (Phi) is 5.71. The first kappa shape index (κ1) is 28.2. The smallest absolute Gasteiger partial charge is 0.109 e. The zero-order chi connectivity index (χ0) is 33.9. The van der Waals surface area contributed by atoms with Gasteiger partial charge in [0.05, 0.1) is 5.52 Å². The maximum Gasteiger partial charge on any atom is 0.109 e. The van der Waals surface area contributed by atoms with Crippen molar-refractivity contribution in [1.29, 1.82) is 0 Å². The van der Waals surface area contributed by atoms with Crippen molar-refractivity contribution in [2.75, 3.05) is 0 Å². The standard InChI is InChI=1S/C50H29NS/c1-4-16-34-31(13-1)32-14-2-5-17-35(32)40-23-12-24-41-44-29-30(51-45-25-9-7-19-42(45)49-43-20-8-10-26-46(43)52-50(49)51)27-28-37(44)33-15-3-6-18-36(33)39-22-11-21-38(34)47(39)48(40)41/h1-29H. The zero-order valence-corrected chi connectivity index (χ0v) is 28.9. The average molecular weight is 676 g/mol. The van der Waals surface area contributed by atoms with E-state index in [9.17, 15) is 0 Å². The molecule has 2 aromatic heterocycles. The minimum atomic E-state index is 1.18. The third-order valence-electron chi connectivity index (χ3n) is 11.4. The highest BCUT2D eigenvalue weighted by atomic mass is 32.1. The van der Waals surface area contributed by atoms with Gasteiger partial charge in [0.25, 0.3) is 0 Å². The molecule has 0 saturated carbocycles. The van der Waals surface area contributed by atoms with Gasteiger partial charge in [-0.25, -0.2) is 0 Å². The molecule has 1 nitrogen and oxygen atoms in total. The molecular weight excluding hydrogens is 647 g/mol. The lowest BCUT2D eigenvalue weighted by atomic mass is 9.84. The summed E-state index contributed by atoms with van der Waals surface area (Å²) in [5.74, 6) is 0. The first-order valence-electron chi connectivity index (χ1n) is 17.9. The van der Waals surface area contributed by atoms with Crippen molar-refractivity contribution >= 4 is 107 Å². The molecule has 0 aliphatic heterocycles. The van der Waals surface area contributed by atoms with Crippen molar-refractivity contribution in [2.45, 2.75) is 0 Å². The molecule has 2 heteroatoms. The highest BCUT2D eigenvalue weighted by molar-refractivity contribution is 7.25. The molecule has 2 heterocycles. The van der Waals surface area contributed by atoms with Crippen molar-refractivity contribution in [1.82, 2.24) is 4.57 Å². The van der Waals surface area contributed by atoms with E-state index in [0.29, 0.717) is 0 Å². The van der Waals surface area contributed by atoms with Crippen LogP contribution < -0.4 is 0 Å². The molecule has 0 radical (unpaired) electrons. The van der Waals surface area contributed by atoms with Crippen LogP contribution in [-0.4, -0.2) is 4.57 Å². The van der Waals surface area contributed by atoms with Crippen molar-refractivity contribution in [3.8, 4) is 16.8 Å². The summed E-state index contributed by atoms with van der Waals surface area (Å²) in [6, 6.07) is 65.7. The molecule has 0 amide bonds. The van der Waals surface area contributed by atoms with Gasteiger partial charge in [0.2, 0.25) is 0 Å². The van der Waals surface area contributed by atoms with Crippen LogP contribution in [0.2, 0.25) is 0 Å². The van der Waals surface area contributed by atoms with Gasteiger partial charge in [0.15, 0.2) is 0 Å². The second-order valence-electron chi connectivity index (χ2n) is 14.0. The van der Waals surface area contributed by atoms with Crippen LogP contribution in [0.4, 0.5) is 0 Å². The van der Waals surface area contributed by atoms with Crippen molar-refractivity contribution < 1.29 is 0 Å². The fourth-order valence-corrected chi connectivity index (χ4v) is 10.5. The van der Waals surface area contributed by atoms with Crippen molar-refractivity contribution in [3.05, 3.63) is 176 Å². The molecule has 240 valence electrons. The number of para-hydroxylation sites is 1. The maximum absolute atomic E-state index is 2.50. The second-order valence-corrected chi connectivity index (χ2v) is 15.0. The maximum atomic E-state index is 2.50. The summed E-state index contributed by atoms with van der Waals surface area (Å²) in [6.45, 7) is 0. The van der Waals surface area contributed by atoms with Crippen LogP contribution in [0.25, 0.3) is 113 Å². The van der Waals surface area contributed by atoms with Gasteiger partial charge >= 0.3 is 0 Å². The molecule has 52 heavy (non-hydrogen) atoms. The minimum absolute atomic E-state index is 1.18. The summed E-state index contributed by atoms with van der Waals surface area (Å²) < 4.78 is 3.82. The van der Waals surface area contributed by atoms with Crippen molar-refractivity contribution in [2.24, 2.45) is 0 Å². The number of nitrogens with zero attached hydrogens (tertiary/aromatic N) is 1. The molecule has 0 spiro atoms. The van der Waals surface area contributed by atoms with Crippen molar-refractivity contribution in [3.63, 3.8) is 0 Å². The molecular formula is C50H29NS. The summed E-state index contributed by atoms with van der Waals surface area (Å²) in [6.07, 6.45) is 0. The Morgan fingerprint density at radius 3 is 1.27 bits per heavy atom. The molecule has 2 aliphatic carbocycles. The van der Waals surface area contributed by atoms with Gasteiger partial charge in [-0.05, 0) is 100 Å². The molecule has 0 N–H and O–H groups in total. The van der Waals surface area contributed by atoms with Gasteiger partial charge in [-0.15, -0.1) is 11.3 Å². The molecule has 8 aromatic carbocycles. The molecule has 2 aliphatic rings. The van der Waals surface area contributed by atoms with Crippen LogP contribution in [0.1, 0.15) is 0 Å². The van der Waals surface area contributed by atoms with Gasteiger partial charge in [-0.3, -0.25) is 0 Å². The van der Waals surface area contributed by atoms with Gasteiger partial charge in [0.1, 0.15) is 4.83 Å². The molecule has 0 bridgehead atoms. The first-order chi connectivity index (χ1) is 25.8. The second kappa shape index (κ2) is 10.5. The van der Waals surface area contributed by atoms with Gasteiger partial charge in [0, 0.05) is 26.5 Å². The Hall–Kier alpha value is -6.48. The SMILES string of the molecule is c1ccc2c(c1)sc1c2c2ccccc2n1-c1ccc2c(c1)c1cccc3c1-c1c(cccc1c1ccccc12)c1ccccc1c1ccccc31. The number of benzene rings is 8. The average Bonchev–Trinajstić information content (AvgIpc) is 3.74. The highest BCUT2D eigenvalue weighted by Crippen LogP contribution is 2.48. The minimum Gasteiger partial charge on any atom is -0.301 e. The van der Waals surface area contributed by atoms with E-state index in [-0.39, 0.29) is 0 Å². The summed E-state index contributed by atoms with van der Waals surface area (Å²) in [5, 5.41) is 19.1. The number of hydrogen-bond donors (Lipinski definition) is 0. The van der Waals surface area contributed by atoms with E-state index < -0.39 is 0 Å². The Labute approximate surface area is 303 Å². The van der Waals surface area contributed by atoms with E-state index in [4.69, 9.17) is 0 Å². The summed E-state index contributed by atoms with van der Waals surface area (Å²) in [7, 11) is 0. The van der Waals surface area contributed by atoms with Crippen LogP contribution in [0, 0.1) is 0 Å². The van der Waals surface area contributed by atoms with Crippen LogP contribution >= 0.6 is 11.3 Å². The Morgan fingerprint density at radius 2 is 0.712 bits per heavy atom. The number of hydrogen-bond acceptors (Lipinski definition) is 1. The van der Waals surface area contributed by atoms with Gasteiger partial charge < -0.3 is 4.57 Å². The van der Waals surface area contributed by atoms with Crippen LogP contribution in [0.3, 0.4) is 0 Å². The number of rotatable bonds is 1. The fraction of sp³-hybridized carbons (Fsp3) is 0. The summed E-state index contributed by atoms with van der Waals surface area (Å²) in [4.78, 5) is 1.29. The molecule has 0 unspecified atom stereocenters. The number of fused-ring (bicyclic) bond motifs is 15. The number of thiophene rings is 1. The van der Waals surface area contributed by atoms with Gasteiger partial charge in [-0.1, -0.05) is 152 Å². The lowest BCUT2D eigenvalue weighted by molar-refractivity contribution is 1.20. The lowest BCUT2D eigenvalue weighted by Gasteiger charge is -2.20. The largest absolute Gasteiger partial charge is 0.301 e. The predicted molar refractivity (Wildman–Crippen MR) is 227 cm³/mol. The summed E-state index contributed by atoms with van der Waals surface area (Å²) in [5.41, 5.74) is 5.02. The quantitative estimate of drug-likeness (QED) is 0.163. The van der Waals surface area contributed by atoms with Crippen LogP contribution in [0.15, 0.2) is 176 Å². The molecule has 0 saturated heterocycles. The third-order valence-corrected chi connectivity index (χ3v) is 12.5. The highest BCUT2D eigenvalue weighted by Gasteiger charge is 2.21. The molecule has 12 rings (SSSR count). The topological polar surface area (TPSA) is 4.93 Å². The molecule has 0 atom stereocenters. The van der Waals surface area contributed by atoms with E-state index in [1.165, 1.54) is 113 Å². The zero-order valence-electron chi connectivity index (χ0n) is 28.1. The van der Waals surface area contributed by atoms with Gasteiger partial charge in [-0.2, -0.15) is 0 Å². The Balaban J connectivity index is 1.36. The molecule has 0 fully saturated rings. The Morgan fingerprint density at radius 1 is 0.308 bits per heavy atom. The van der Waals surface area contributed by atoms with E-state index in [0.717, 1.165) is 0 Å². The predicted octanol–water partition coefficient (Wildman–Crippen LogP) is 14.6. The third kappa shape index (κ3) is 3.72. The molecule has 10 aromatic rings. The fourth-order valence-electron chi connectivity index (χ4n) is 9.22. The van der Waals surface area contributed by atoms with E-state index in [1.807, 2.05) is 11.3 Å². The first-order valence-corrected chi connectivity index (χ1v) is 18.8. The Bertz CT molecular complexity index is 3470. The normalized spacial score (nSPS) is 12.2. The van der Waals surface area contributed by atoms with Crippen LogP contribution in [0.5, 0.6) is 0 Å². The van der Waals surface area contributed by atoms with Crippen LogP contribution in [-0.2, 0) is 0 Å². The summed E-state index contributed by atoms with van der Waals surface area (Å²) >= 11 is 1.89. The number of aromatic nitrogens is 1. The van der Waals surface area contributed by atoms with E-state index >= 15 is 0 Å². The van der Waals surface area contributed by atoms with E-state index in [2.05, 4.69) is 180 Å². The lowest BCUT2D eigenvalue weighted by Crippen LogP contribution is -1.94. The monoisotopic (exact) mass is 675 g/mol.